The minimum atomic E-state index is 0.850. The monoisotopic (exact) mass is 125 g/mol. The smallest absolute Gasteiger partial charge is 0.0316 e. The highest BCUT2D eigenvalue weighted by molar-refractivity contribution is 4.83. The number of unbranched alkanes of at least 4 members (excludes halogenated alkanes) is 1. The van der Waals surface area contributed by atoms with Gasteiger partial charge >= 0.3 is 0 Å². The zero-order chi connectivity index (χ0) is 7.11. The summed E-state index contributed by atoms with van der Waals surface area (Å²) in [5.74, 6) is 0.850. The average molecular weight is 125 g/mol. The third-order valence-electron chi connectivity index (χ3n) is 1.32. The van der Waals surface area contributed by atoms with Gasteiger partial charge in [-0.25, -0.2) is 0 Å². The highest BCUT2D eigenvalue weighted by Gasteiger charge is 1.89. The van der Waals surface area contributed by atoms with Crippen molar-refractivity contribution in [1.82, 2.24) is 0 Å². The molecule has 0 aromatic rings. The van der Waals surface area contributed by atoms with Crippen LogP contribution in [0.25, 0.3) is 0 Å². The van der Waals surface area contributed by atoms with E-state index in [1.54, 1.807) is 0 Å². The van der Waals surface area contributed by atoms with Gasteiger partial charge in [0.2, 0.25) is 0 Å². The van der Waals surface area contributed by atoms with Crippen molar-refractivity contribution in [3.8, 4) is 0 Å². The van der Waals surface area contributed by atoms with Crippen molar-refractivity contribution >= 4 is 0 Å². The number of rotatable bonds is 4. The van der Waals surface area contributed by atoms with Crippen LogP contribution in [0.3, 0.4) is 0 Å². The Morgan fingerprint density at radius 2 is 2.11 bits per heavy atom. The molecule has 0 saturated carbocycles. The third-order valence-corrected chi connectivity index (χ3v) is 1.32. The number of hydrogen-bond donors (Lipinski definition) is 0. The van der Waals surface area contributed by atoms with Crippen LogP contribution in [-0.4, -0.2) is 0 Å². The first-order chi connectivity index (χ1) is 4.27. The summed E-state index contributed by atoms with van der Waals surface area (Å²) in [6.45, 7) is 8.14. The Balaban J connectivity index is 2.91. The average Bonchev–Trinajstić information content (AvgIpc) is 1.80. The summed E-state index contributed by atoms with van der Waals surface area (Å²) in [6.07, 6.45) is 7.85. The zero-order valence-corrected chi connectivity index (χ0v) is 6.56. The fourth-order valence-electron chi connectivity index (χ4n) is 0.762. The predicted octanol–water partition coefficient (Wildman–Crippen LogP) is 3.20. The van der Waals surface area contributed by atoms with Crippen molar-refractivity contribution in [2.75, 3.05) is 0 Å². The summed E-state index contributed by atoms with van der Waals surface area (Å²) in [6, 6.07) is 0. The molecule has 0 heteroatoms. The van der Waals surface area contributed by atoms with E-state index in [2.05, 4.69) is 26.8 Å². The summed E-state index contributed by atoms with van der Waals surface area (Å²) >= 11 is 0. The highest BCUT2D eigenvalue weighted by atomic mass is 14.0. The summed E-state index contributed by atoms with van der Waals surface area (Å²) in [4.78, 5) is 0. The maximum absolute atomic E-state index is 3.62. The van der Waals surface area contributed by atoms with Crippen LogP contribution in [0.5, 0.6) is 0 Å². The Morgan fingerprint density at radius 3 is 2.56 bits per heavy atom. The number of hydrogen-bond acceptors (Lipinski definition) is 0. The molecule has 0 N–H and O–H groups in total. The lowest BCUT2D eigenvalue weighted by Crippen LogP contribution is -1.84. The molecule has 0 heterocycles. The Kier molecular flexibility index (Phi) is 5.70. The van der Waals surface area contributed by atoms with Crippen molar-refractivity contribution in [2.24, 2.45) is 5.92 Å². The fraction of sp³-hybridized carbons (Fsp3) is 0.667. The van der Waals surface area contributed by atoms with Gasteiger partial charge in [0.15, 0.2) is 0 Å². The van der Waals surface area contributed by atoms with Gasteiger partial charge in [0.25, 0.3) is 0 Å². The van der Waals surface area contributed by atoms with E-state index in [9.17, 15) is 0 Å². The normalized spacial score (nSPS) is 11.6. The summed E-state index contributed by atoms with van der Waals surface area (Å²) in [5, 5.41) is 0. The minimum Gasteiger partial charge on any atom is -0.0885 e. The summed E-state index contributed by atoms with van der Waals surface area (Å²) in [5.41, 5.74) is 0. The van der Waals surface area contributed by atoms with Crippen molar-refractivity contribution in [1.29, 1.82) is 0 Å². The molecule has 0 aliphatic carbocycles. The second kappa shape index (κ2) is 5.87. The van der Waals surface area contributed by atoms with E-state index in [0.29, 0.717) is 0 Å². The van der Waals surface area contributed by atoms with Gasteiger partial charge in [-0.3, -0.25) is 0 Å². The lowest BCUT2D eigenvalue weighted by Gasteiger charge is -1.99. The molecule has 0 unspecified atom stereocenters. The van der Waals surface area contributed by atoms with Crippen LogP contribution in [-0.2, 0) is 0 Å². The first-order valence-corrected chi connectivity index (χ1v) is 3.71. The molecule has 0 aromatic carbocycles. The van der Waals surface area contributed by atoms with Gasteiger partial charge in [-0.2, -0.15) is 0 Å². The van der Waals surface area contributed by atoms with E-state index in [1.165, 1.54) is 19.3 Å². The fourth-order valence-corrected chi connectivity index (χ4v) is 0.762. The van der Waals surface area contributed by atoms with E-state index >= 15 is 0 Å². The van der Waals surface area contributed by atoms with Crippen molar-refractivity contribution in [3.63, 3.8) is 0 Å². The number of allylic oxidation sites excluding steroid dienone is 2. The van der Waals surface area contributed by atoms with Gasteiger partial charge in [-0.05, 0) is 25.7 Å². The first kappa shape index (κ1) is 8.74. The van der Waals surface area contributed by atoms with Gasteiger partial charge < -0.3 is 0 Å². The lowest BCUT2D eigenvalue weighted by atomic mass is 10.1. The topological polar surface area (TPSA) is 0 Å². The van der Waals surface area contributed by atoms with Crippen molar-refractivity contribution in [2.45, 2.75) is 33.1 Å². The van der Waals surface area contributed by atoms with E-state index in [-0.39, 0.29) is 0 Å². The first-order valence-electron chi connectivity index (χ1n) is 3.71. The maximum Gasteiger partial charge on any atom is -0.0316 e. The Bertz CT molecular complexity index is 70.1. The molecule has 0 amide bonds. The molecule has 1 radical (unpaired) electrons. The molecule has 0 aliphatic rings. The van der Waals surface area contributed by atoms with E-state index < -0.39 is 0 Å². The van der Waals surface area contributed by atoms with E-state index in [1.807, 2.05) is 6.08 Å². The summed E-state index contributed by atoms with van der Waals surface area (Å²) < 4.78 is 0. The predicted molar refractivity (Wildman–Crippen MR) is 43.2 cm³/mol. The van der Waals surface area contributed by atoms with Gasteiger partial charge in [0.05, 0.1) is 0 Å². The molecular weight excluding hydrogens is 108 g/mol. The van der Waals surface area contributed by atoms with Crippen LogP contribution in [0.2, 0.25) is 0 Å². The second-order valence-electron chi connectivity index (χ2n) is 2.80. The van der Waals surface area contributed by atoms with Crippen LogP contribution in [0.4, 0.5) is 0 Å². The quantitative estimate of drug-likeness (QED) is 0.506. The highest BCUT2D eigenvalue weighted by Crippen LogP contribution is 2.05. The van der Waals surface area contributed by atoms with Crippen molar-refractivity contribution < 1.29 is 0 Å². The Hall–Kier alpha value is -0.260. The molecule has 0 spiro atoms. The summed E-state index contributed by atoms with van der Waals surface area (Å²) in [7, 11) is 0. The van der Waals surface area contributed by atoms with Crippen LogP contribution in [0.15, 0.2) is 12.2 Å². The SMILES string of the molecule is [CH2]/C=C/CCCC(C)C. The third kappa shape index (κ3) is 7.74. The molecule has 0 atom stereocenters. The molecule has 53 valence electrons. The van der Waals surface area contributed by atoms with E-state index in [4.69, 9.17) is 0 Å². The molecular formula is C9H17. The molecule has 0 fully saturated rings. The van der Waals surface area contributed by atoms with Gasteiger partial charge in [0.1, 0.15) is 0 Å². The van der Waals surface area contributed by atoms with Crippen LogP contribution >= 0.6 is 0 Å². The van der Waals surface area contributed by atoms with Gasteiger partial charge in [-0.15, -0.1) is 0 Å². The minimum absolute atomic E-state index is 0.850. The Morgan fingerprint density at radius 1 is 1.44 bits per heavy atom. The molecule has 0 bridgehead atoms. The molecule has 0 aromatic heterocycles. The molecule has 0 saturated heterocycles. The molecule has 0 aliphatic heterocycles. The Labute approximate surface area is 59.0 Å². The van der Waals surface area contributed by atoms with Crippen LogP contribution in [0, 0.1) is 12.8 Å². The van der Waals surface area contributed by atoms with Crippen molar-refractivity contribution in [3.05, 3.63) is 19.1 Å². The zero-order valence-electron chi connectivity index (χ0n) is 6.56. The standard InChI is InChI=1S/C9H17/c1-4-5-6-7-8-9(2)3/h4-5,9H,1,6-8H2,2-3H3/b5-4+. The molecule has 9 heavy (non-hydrogen) atoms. The van der Waals surface area contributed by atoms with Gasteiger partial charge in [-0.1, -0.05) is 32.4 Å². The maximum atomic E-state index is 3.62. The van der Waals surface area contributed by atoms with E-state index in [0.717, 1.165) is 5.92 Å². The van der Waals surface area contributed by atoms with Crippen LogP contribution < -0.4 is 0 Å². The molecule has 0 nitrogen and oxygen atoms in total. The van der Waals surface area contributed by atoms with Crippen LogP contribution in [0.1, 0.15) is 33.1 Å². The second-order valence-corrected chi connectivity index (χ2v) is 2.80. The molecule has 0 rings (SSSR count). The lowest BCUT2D eigenvalue weighted by molar-refractivity contribution is 0.560. The van der Waals surface area contributed by atoms with Gasteiger partial charge in [0, 0.05) is 0 Å². The largest absolute Gasteiger partial charge is 0.0885 e.